The molecule has 1 aliphatic rings. The van der Waals surface area contributed by atoms with Crippen LogP contribution in [0.3, 0.4) is 0 Å². The minimum atomic E-state index is -4.46. The van der Waals surface area contributed by atoms with E-state index in [-0.39, 0.29) is 5.56 Å². The van der Waals surface area contributed by atoms with Gasteiger partial charge in [-0.05, 0) is 37.9 Å². The Morgan fingerprint density at radius 3 is 2.56 bits per heavy atom. The van der Waals surface area contributed by atoms with Crippen molar-refractivity contribution in [1.29, 1.82) is 0 Å². The lowest BCUT2D eigenvalue weighted by molar-refractivity contribution is -0.138. The zero-order valence-electron chi connectivity index (χ0n) is 9.89. The van der Waals surface area contributed by atoms with Gasteiger partial charge in [-0.2, -0.15) is 13.2 Å². The van der Waals surface area contributed by atoms with Crippen LogP contribution in [0.5, 0.6) is 0 Å². The molecule has 0 aliphatic carbocycles. The molecule has 0 bridgehead atoms. The summed E-state index contributed by atoms with van der Waals surface area (Å²) in [7, 11) is 0. The van der Waals surface area contributed by atoms with Gasteiger partial charge in [-0.3, -0.25) is 4.79 Å². The predicted molar refractivity (Wildman–Crippen MR) is 61.4 cm³/mol. The first-order chi connectivity index (χ1) is 8.47. The lowest BCUT2D eigenvalue weighted by Crippen LogP contribution is -2.24. The molecule has 0 spiro atoms. The van der Waals surface area contributed by atoms with Crippen molar-refractivity contribution in [3.8, 4) is 0 Å². The smallest absolute Gasteiger partial charge is 0.329 e. The van der Waals surface area contributed by atoms with Crippen LogP contribution in [-0.4, -0.2) is 29.5 Å². The van der Waals surface area contributed by atoms with Gasteiger partial charge in [0, 0.05) is 18.8 Å². The number of hydrogen-bond donors (Lipinski definition) is 1. The minimum absolute atomic E-state index is 0.161. The number of rotatable bonds is 3. The summed E-state index contributed by atoms with van der Waals surface area (Å²) in [5.41, 5.74) is -1.37. The van der Waals surface area contributed by atoms with E-state index in [0.29, 0.717) is 19.0 Å². The third-order valence-corrected chi connectivity index (χ3v) is 3.21. The fraction of sp³-hybridized carbons (Fsp3) is 0.583. The van der Waals surface area contributed by atoms with Gasteiger partial charge in [0.25, 0.3) is 0 Å². The quantitative estimate of drug-likeness (QED) is 0.902. The highest BCUT2D eigenvalue weighted by Crippen LogP contribution is 2.31. The van der Waals surface area contributed by atoms with Crippen molar-refractivity contribution in [3.05, 3.63) is 33.7 Å². The van der Waals surface area contributed by atoms with E-state index in [9.17, 15) is 18.0 Å². The van der Waals surface area contributed by atoms with Crippen molar-refractivity contribution in [2.24, 2.45) is 0 Å². The van der Waals surface area contributed by atoms with Gasteiger partial charge in [-0.15, -0.1) is 0 Å². The zero-order chi connectivity index (χ0) is 13.2. The van der Waals surface area contributed by atoms with Gasteiger partial charge in [0.1, 0.15) is 0 Å². The largest absolute Gasteiger partial charge is 0.416 e. The molecular weight excluding hydrogens is 245 g/mol. The highest BCUT2D eigenvalue weighted by molar-refractivity contribution is 5.26. The van der Waals surface area contributed by atoms with Gasteiger partial charge < -0.3 is 9.88 Å². The molecule has 100 valence electrons. The molecule has 0 aromatic carbocycles. The Morgan fingerprint density at radius 1 is 1.28 bits per heavy atom. The predicted octanol–water partition coefficient (Wildman–Crippen LogP) is 2.03. The molecule has 0 unspecified atom stereocenters. The Kier molecular flexibility index (Phi) is 3.75. The Bertz CT molecular complexity index is 461. The number of nitrogens with zero attached hydrogens (tertiary/aromatic N) is 1. The molecule has 6 heteroatoms. The van der Waals surface area contributed by atoms with Crippen LogP contribution < -0.4 is 5.56 Å². The average molecular weight is 260 g/mol. The first-order valence-corrected chi connectivity index (χ1v) is 5.98. The maximum absolute atomic E-state index is 12.8. The Labute approximate surface area is 103 Å². The van der Waals surface area contributed by atoms with E-state index < -0.39 is 17.3 Å². The maximum atomic E-state index is 12.8. The van der Waals surface area contributed by atoms with Crippen LogP contribution in [-0.2, 0) is 12.6 Å². The second kappa shape index (κ2) is 5.14. The number of halogens is 3. The van der Waals surface area contributed by atoms with Gasteiger partial charge in [-0.25, -0.2) is 0 Å². The summed E-state index contributed by atoms with van der Waals surface area (Å²) in [6.45, 7) is 2.50. The van der Waals surface area contributed by atoms with Crippen LogP contribution in [0.2, 0.25) is 0 Å². The van der Waals surface area contributed by atoms with E-state index >= 15 is 0 Å². The Balaban J connectivity index is 2.13. The molecule has 1 aliphatic heterocycles. The van der Waals surface area contributed by atoms with E-state index in [1.807, 2.05) is 0 Å². The average Bonchev–Trinajstić information content (AvgIpc) is 2.79. The Morgan fingerprint density at radius 2 is 1.94 bits per heavy atom. The third-order valence-electron chi connectivity index (χ3n) is 3.21. The van der Waals surface area contributed by atoms with Crippen LogP contribution in [0.1, 0.15) is 24.0 Å². The van der Waals surface area contributed by atoms with Crippen LogP contribution in [0.15, 0.2) is 17.1 Å². The first kappa shape index (κ1) is 13.1. The molecule has 3 nitrogen and oxygen atoms in total. The van der Waals surface area contributed by atoms with Crippen LogP contribution in [0.25, 0.3) is 0 Å². The van der Waals surface area contributed by atoms with E-state index in [2.05, 4.69) is 9.88 Å². The van der Waals surface area contributed by atoms with E-state index in [0.717, 1.165) is 25.9 Å². The molecule has 1 saturated heterocycles. The molecule has 1 fully saturated rings. The standard InChI is InChI=1S/C12H15F3N2O/c13-12(14,15)10-7-11(18)16-8-9(10)3-6-17-4-1-2-5-17/h7-8H,1-6H2,(H,16,18). The van der Waals surface area contributed by atoms with E-state index in [4.69, 9.17) is 0 Å². The second-order valence-electron chi connectivity index (χ2n) is 4.53. The number of aromatic nitrogens is 1. The maximum Gasteiger partial charge on any atom is 0.416 e. The van der Waals surface area contributed by atoms with Gasteiger partial charge >= 0.3 is 6.18 Å². The number of H-pyrrole nitrogens is 1. The molecule has 1 N–H and O–H groups in total. The summed E-state index contributed by atoms with van der Waals surface area (Å²) in [6.07, 6.45) is -0.753. The summed E-state index contributed by atoms with van der Waals surface area (Å²) >= 11 is 0. The number of aromatic amines is 1. The summed E-state index contributed by atoms with van der Waals surface area (Å²) in [5.74, 6) is 0. The highest BCUT2D eigenvalue weighted by atomic mass is 19.4. The lowest BCUT2D eigenvalue weighted by Gasteiger charge is -2.16. The molecule has 0 radical (unpaired) electrons. The van der Waals surface area contributed by atoms with Crippen molar-refractivity contribution in [2.45, 2.75) is 25.4 Å². The number of alkyl halides is 3. The molecular formula is C12H15F3N2O. The van der Waals surface area contributed by atoms with E-state index in [1.165, 1.54) is 6.20 Å². The molecule has 0 saturated carbocycles. The van der Waals surface area contributed by atoms with Crippen molar-refractivity contribution in [3.63, 3.8) is 0 Å². The molecule has 0 amide bonds. The van der Waals surface area contributed by atoms with Crippen LogP contribution in [0.4, 0.5) is 13.2 Å². The molecule has 2 heterocycles. The monoisotopic (exact) mass is 260 g/mol. The van der Waals surface area contributed by atoms with Crippen molar-refractivity contribution in [1.82, 2.24) is 9.88 Å². The SMILES string of the molecule is O=c1cc(C(F)(F)F)c(CCN2CCCC2)c[nH]1. The van der Waals surface area contributed by atoms with Crippen molar-refractivity contribution >= 4 is 0 Å². The molecule has 0 atom stereocenters. The fourth-order valence-corrected chi connectivity index (χ4v) is 2.26. The summed E-state index contributed by atoms with van der Waals surface area (Å²) in [6, 6.07) is 0.638. The molecule has 1 aromatic rings. The van der Waals surface area contributed by atoms with Gasteiger partial charge in [0.2, 0.25) is 5.56 Å². The Hall–Kier alpha value is -1.30. The highest BCUT2D eigenvalue weighted by Gasteiger charge is 2.33. The summed E-state index contributed by atoms with van der Waals surface area (Å²) < 4.78 is 38.3. The minimum Gasteiger partial charge on any atom is -0.329 e. The van der Waals surface area contributed by atoms with Crippen LogP contribution >= 0.6 is 0 Å². The topological polar surface area (TPSA) is 36.1 Å². The number of pyridine rings is 1. The summed E-state index contributed by atoms with van der Waals surface area (Å²) in [5, 5.41) is 0. The van der Waals surface area contributed by atoms with Gasteiger partial charge in [0.15, 0.2) is 0 Å². The number of likely N-dealkylation sites (tertiary alicyclic amines) is 1. The van der Waals surface area contributed by atoms with Crippen molar-refractivity contribution < 1.29 is 13.2 Å². The first-order valence-electron chi connectivity index (χ1n) is 5.98. The van der Waals surface area contributed by atoms with Crippen molar-refractivity contribution in [2.75, 3.05) is 19.6 Å². The fourth-order valence-electron chi connectivity index (χ4n) is 2.26. The second-order valence-corrected chi connectivity index (χ2v) is 4.53. The van der Waals surface area contributed by atoms with Gasteiger partial charge in [0.05, 0.1) is 5.56 Å². The van der Waals surface area contributed by atoms with E-state index in [1.54, 1.807) is 0 Å². The zero-order valence-corrected chi connectivity index (χ0v) is 9.89. The lowest BCUT2D eigenvalue weighted by atomic mass is 10.1. The molecule has 18 heavy (non-hydrogen) atoms. The normalized spacial score (nSPS) is 17.3. The molecule has 1 aromatic heterocycles. The molecule has 2 rings (SSSR count). The third kappa shape index (κ3) is 3.13. The summed E-state index contributed by atoms with van der Waals surface area (Å²) in [4.78, 5) is 15.4. The van der Waals surface area contributed by atoms with Crippen LogP contribution in [0, 0.1) is 0 Å². The number of hydrogen-bond acceptors (Lipinski definition) is 2. The van der Waals surface area contributed by atoms with Gasteiger partial charge in [-0.1, -0.05) is 0 Å². The number of nitrogens with one attached hydrogen (secondary N) is 1.